The zero-order chi connectivity index (χ0) is 10.7. The predicted octanol–water partition coefficient (Wildman–Crippen LogP) is -1.57. The van der Waals surface area contributed by atoms with E-state index in [1.54, 1.807) is 0 Å². The maximum absolute atomic E-state index is 11.2. The average Bonchev–Trinajstić information content (AvgIpc) is 2.11. The van der Waals surface area contributed by atoms with Crippen molar-refractivity contribution in [3.8, 4) is 0 Å². The Hall–Kier alpha value is -1.93. The summed E-state index contributed by atoms with van der Waals surface area (Å²) in [6.07, 6.45) is 1.09. The van der Waals surface area contributed by atoms with Gasteiger partial charge in [-0.3, -0.25) is 14.6 Å². The Morgan fingerprint density at radius 2 is 2.29 bits per heavy atom. The van der Waals surface area contributed by atoms with Crippen molar-refractivity contribution in [3.05, 3.63) is 32.2 Å². The van der Waals surface area contributed by atoms with Crippen molar-refractivity contribution in [2.75, 3.05) is 5.23 Å². The van der Waals surface area contributed by atoms with Gasteiger partial charge in [0.1, 0.15) is 12.0 Å². The van der Waals surface area contributed by atoms with Gasteiger partial charge in [0.2, 0.25) is 0 Å². The third kappa shape index (κ3) is 1.70. The van der Waals surface area contributed by atoms with E-state index in [1.807, 2.05) is 4.98 Å². The van der Waals surface area contributed by atoms with Gasteiger partial charge in [0, 0.05) is 6.20 Å². The highest BCUT2D eigenvalue weighted by atomic mass is 16.8. The normalized spacial score (nSPS) is 9.86. The summed E-state index contributed by atoms with van der Waals surface area (Å²) >= 11 is 0. The molecular formula is C6H6N3O5-. The first-order valence-corrected chi connectivity index (χ1v) is 3.50. The lowest BCUT2D eigenvalue weighted by Gasteiger charge is -2.20. The summed E-state index contributed by atoms with van der Waals surface area (Å²) in [6, 6.07) is 0. The van der Waals surface area contributed by atoms with Crippen molar-refractivity contribution in [2.24, 2.45) is 0 Å². The van der Waals surface area contributed by atoms with Gasteiger partial charge in [-0.05, 0) is 0 Å². The maximum atomic E-state index is 11.2. The minimum atomic E-state index is -1.03. The molecule has 0 saturated heterocycles. The van der Waals surface area contributed by atoms with Gasteiger partial charge >= 0.3 is 5.69 Å². The van der Waals surface area contributed by atoms with E-state index in [1.165, 1.54) is 0 Å². The summed E-state index contributed by atoms with van der Waals surface area (Å²) in [6.45, 7) is -0.476. The van der Waals surface area contributed by atoms with Crippen molar-refractivity contribution in [1.29, 1.82) is 0 Å². The molecule has 8 nitrogen and oxygen atoms in total. The summed E-state index contributed by atoms with van der Waals surface area (Å²) in [4.78, 5) is 34.3. The number of nitrogens with one attached hydrogen (secondary N) is 1. The van der Waals surface area contributed by atoms with Crippen LogP contribution in [0.5, 0.6) is 0 Å². The quantitative estimate of drug-likeness (QED) is 0.449. The number of aldehydes is 1. The van der Waals surface area contributed by atoms with Gasteiger partial charge in [-0.1, -0.05) is 0 Å². The summed E-state index contributed by atoms with van der Waals surface area (Å²) in [5, 5.41) is 18.1. The highest BCUT2D eigenvalue weighted by molar-refractivity contribution is 5.49. The Labute approximate surface area is 76.6 Å². The molecule has 0 atom stereocenters. The summed E-state index contributed by atoms with van der Waals surface area (Å²) in [5.41, 5.74) is -2.52. The molecule has 0 fully saturated rings. The van der Waals surface area contributed by atoms with E-state index in [2.05, 4.69) is 0 Å². The monoisotopic (exact) mass is 200 g/mol. The molecule has 0 saturated carbocycles. The van der Waals surface area contributed by atoms with E-state index in [4.69, 9.17) is 5.21 Å². The molecule has 1 rings (SSSR count). The van der Waals surface area contributed by atoms with E-state index in [-0.39, 0.29) is 0 Å². The summed E-state index contributed by atoms with van der Waals surface area (Å²) in [5.74, 6) is 0. The van der Waals surface area contributed by atoms with Gasteiger partial charge in [0.05, 0.1) is 6.54 Å². The lowest BCUT2D eigenvalue weighted by atomic mass is 10.5. The van der Waals surface area contributed by atoms with Crippen LogP contribution < -0.4 is 16.5 Å². The number of anilines is 1. The summed E-state index contributed by atoms with van der Waals surface area (Å²) in [7, 11) is 0. The molecule has 8 heteroatoms. The second-order valence-electron chi connectivity index (χ2n) is 2.33. The van der Waals surface area contributed by atoms with Crippen LogP contribution in [0.25, 0.3) is 0 Å². The average molecular weight is 200 g/mol. The molecule has 1 aromatic rings. The first-order valence-electron chi connectivity index (χ1n) is 3.50. The number of hydrogen-bond donors (Lipinski definition) is 2. The van der Waals surface area contributed by atoms with Crippen LogP contribution in [0.3, 0.4) is 0 Å². The highest BCUT2D eigenvalue weighted by Crippen LogP contribution is 1.97. The van der Waals surface area contributed by atoms with Gasteiger partial charge in [-0.2, -0.15) is 0 Å². The van der Waals surface area contributed by atoms with Crippen LogP contribution in [0, 0.1) is 5.21 Å². The van der Waals surface area contributed by atoms with Gasteiger partial charge in [0.25, 0.3) is 5.56 Å². The van der Waals surface area contributed by atoms with Crippen LogP contribution >= 0.6 is 0 Å². The van der Waals surface area contributed by atoms with E-state index in [0.29, 0.717) is 10.9 Å². The molecule has 0 unspecified atom stereocenters. The van der Waals surface area contributed by atoms with Gasteiger partial charge in [0.15, 0.2) is 0 Å². The molecule has 76 valence electrons. The fourth-order valence-electron chi connectivity index (χ4n) is 0.878. The van der Waals surface area contributed by atoms with Crippen LogP contribution in [0.15, 0.2) is 15.8 Å². The van der Waals surface area contributed by atoms with E-state index in [9.17, 15) is 19.6 Å². The van der Waals surface area contributed by atoms with Crippen molar-refractivity contribution in [2.45, 2.75) is 6.54 Å². The zero-order valence-electron chi connectivity index (χ0n) is 6.84. The first kappa shape index (κ1) is 10.2. The van der Waals surface area contributed by atoms with E-state index < -0.39 is 28.7 Å². The highest BCUT2D eigenvalue weighted by Gasteiger charge is 2.06. The molecule has 1 aromatic heterocycles. The van der Waals surface area contributed by atoms with Crippen LogP contribution in [-0.2, 0) is 11.3 Å². The fourth-order valence-corrected chi connectivity index (χ4v) is 0.878. The van der Waals surface area contributed by atoms with Crippen LogP contribution in [0.2, 0.25) is 0 Å². The predicted molar refractivity (Wildman–Crippen MR) is 45.0 cm³/mol. The van der Waals surface area contributed by atoms with Crippen molar-refractivity contribution < 1.29 is 10.0 Å². The number of aromatic amines is 1. The third-order valence-electron chi connectivity index (χ3n) is 1.50. The molecule has 0 aliphatic carbocycles. The standard InChI is InChI=1S/C6H6N3O5/c10-2-1-8-5(11)4(9(13)14)3-7-6(8)12/h2-3,13H,1H2,(H,7,12)/q-1. The number of aromatic nitrogens is 2. The van der Waals surface area contributed by atoms with Gasteiger partial charge in [-0.15, -0.1) is 0 Å². The van der Waals surface area contributed by atoms with Crippen LogP contribution in [-0.4, -0.2) is 21.0 Å². The minimum Gasteiger partial charge on any atom is -0.733 e. The Bertz CT molecular complexity index is 446. The van der Waals surface area contributed by atoms with Gasteiger partial charge in [-0.25, -0.2) is 4.79 Å². The second kappa shape index (κ2) is 3.85. The largest absolute Gasteiger partial charge is 0.733 e. The molecule has 0 aromatic carbocycles. The SMILES string of the molecule is O=CCn1c(=O)[nH]cc(N([O-])O)c1=O. The molecule has 14 heavy (non-hydrogen) atoms. The molecule has 1 heterocycles. The number of rotatable bonds is 3. The lowest BCUT2D eigenvalue weighted by Crippen LogP contribution is -2.37. The fraction of sp³-hybridized carbons (Fsp3) is 0.167. The molecule has 0 bridgehead atoms. The van der Waals surface area contributed by atoms with Crippen LogP contribution in [0.4, 0.5) is 5.69 Å². The molecular weight excluding hydrogens is 194 g/mol. The topological polar surface area (TPSA) is 118 Å². The smallest absolute Gasteiger partial charge is 0.328 e. The van der Waals surface area contributed by atoms with E-state index in [0.717, 1.165) is 6.20 Å². The molecule has 0 amide bonds. The van der Waals surface area contributed by atoms with Crippen LogP contribution in [0.1, 0.15) is 0 Å². The van der Waals surface area contributed by atoms with Crippen molar-refractivity contribution in [1.82, 2.24) is 9.55 Å². The zero-order valence-corrected chi connectivity index (χ0v) is 6.84. The summed E-state index contributed by atoms with van der Waals surface area (Å²) < 4.78 is 0.490. The maximum Gasteiger partial charge on any atom is 0.328 e. The van der Waals surface area contributed by atoms with Gasteiger partial charge < -0.3 is 20.2 Å². The Balaban J connectivity index is 3.41. The molecule has 0 aliphatic rings. The number of carbonyl (C=O) groups is 1. The lowest BCUT2D eigenvalue weighted by molar-refractivity contribution is -0.108. The molecule has 2 N–H and O–H groups in total. The number of H-pyrrole nitrogens is 1. The Kier molecular flexibility index (Phi) is 2.79. The molecule has 0 aliphatic heterocycles. The number of hydrogen-bond acceptors (Lipinski definition) is 6. The minimum absolute atomic E-state index is 0.326. The third-order valence-corrected chi connectivity index (χ3v) is 1.50. The molecule has 0 radical (unpaired) electrons. The van der Waals surface area contributed by atoms with Crippen molar-refractivity contribution >= 4 is 12.0 Å². The first-order chi connectivity index (χ1) is 6.57. The number of carbonyl (C=O) groups excluding carboxylic acids is 1. The van der Waals surface area contributed by atoms with E-state index >= 15 is 0 Å². The van der Waals surface area contributed by atoms with Crippen molar-refractivity contribution in [3.63, 3.8) is 0 Å². The second-order valence-corrected chi connectivity index (χ2v) is 2.33. The molecule has 0 spiro atoms. The Morgan fingerprint density at radius 3 is 2.79 bits per heavy atom. The Morgan fingerprint density at radius 1 is 1.64 bits per heavy atom. The number of nitrogens with zero attached hydrogens (tertiary/aromatic N) is 2.